The molecule has 2 aromatic rings. The number of hydrogen-bond acceptors (Lipinski definition) is 7. The first-order chi connectivity index (χ1) is 16.4. The van der Waals surface area contributed by atoms with E-state index >= 15 is 0 Å². The van der Waals surface area contributed by atoms with Crippen LogP contribution in [0, 0.1) is 11.6 Å². The van der Waals surface area contributed by atoms with E-state index in [1.54, 1.807) is 12.5 Å². The van der Waals surface area contributed by atoms with Crippen molar-refractivity contribution < 1.29 is 31.8 Å². The summed E-state index contributed by atoms with van der Waals surface area (Å²) in [6.07, 6.45) is 5.75. The number of oxazole rings is 1. The van der Waals surface area contributed by atoms with E-state index in [9.17, 15) is 13.2 Å². The second kappa shape index (κ2) is 8.42. The molecular formula is C24H28F3N3O4. The van der Waals surface area contributed by atoms with Gasteiger partial charge in [-0.05, 0) is 44.3 Å². The minimum Gasteiger partial charge on any atom is -0.490 e. The second-order valence-corrected chi connectivity index (χ2v) is 10.1. The van der Waals surface area contributed by atoms with Crippen LogP contribution in [-0.2, 0) is 9.47 Å². The number of benzene rings is 1. The van der Waals surface area contributed by atoms with Crippen LogP contribution < -0.4 is 9.64 Å². The van der Waals surface area contributed by atoms with E-state index in [2.05, 4.69) is 14.8 Å². The molecule has 4 fully saturated rings. The van der Waals surface area contributed by atoms with E-state index in [4.69, 9.17) is 18.6 Å². The maximum atomic E-state index is 14.3. The van der Waals surface area contributed by atoms with E-state index in [0.717, 1.165) is 51.5 Å². The summed E-state index contributed by atoms with van der Waals surface area (Å²) < 4.78 is 64.5. The van der Waals surface area contributed by atoms with Gasteiger partial charge in [-0.1, -0.05) is 0 Å². The average Bonchev–Trinajstić information content (AvgIpc) is 3.48. The molecule has 4 aliphatic heterocycles. The third kappa shape index (κ3) is 4.05. The molecule has 0 bridgehead atoms. The molecule has 184 valence electrons. The summed E-state index contributed by atoms with van der Waals surface area (Å²) in [6, 6.07) is 3.22. The normalized spacial score (nSPS) is 26.4. The highest BCUT2D eigenvalue weighted by atomic mass is 19.2. The number of aromatic nitrogens is 1. The van der Waals surface area contributed by atoms with Crippen LogP contribution in [0.3, 0.4) is 0 Å². The van der Waals surface area contributed by atoms with Crippen molar-refractivity contribution in [3.05, 3.63) is 41.8 Å². The Bertz CT molecular complexity index is 1020. The fourth-order valence-corrected chi connectivity index (χ4v) is 5.61. The smallest absolute Gasteiger partial charge is 0.297 e. The number of halogens is 3. The molecule has 0 N–H and O–H groups in total. The van der Waals surface area contributed by atoms with Crippen molar-refractivity contribution in [2.24, 2.45) is 0 Å². The van der Waals surface area contributed by atoms with Crippen LogP contribution in [0.1, 0.15) is 30.7 Å². The van der Waals surface area contributed by atoms with Crippen LogP contribution in [0.25, 0.3) is 0 Å². The van der Waals surface area contributed by atoms with Gasteiger partial charge in [0.1, 0.15) is 24.2 Å². The van der Waals surface area contributed by atoms with Crippen molar-refractivity contribution >= 4 is 6.01 Å². The lowest BCUT2D eigenvalue weighted by molar-refractivity contribution is -0.146. The highest BCUT2D eigenvalue weighted by Gasteiger charge is 2.52. The molecule has 7 nitrogen and oxygen atoms in total. The number of likely N-dealkylation sites (tertiary alicyclic amines) is 1. The lowest BCUT2D eigenvalue weighted by Gasteiger charge is -2.46. The van der Waals surface area contributed by atoms with Gasteiger partial charge in [-0.25, -0.2) is 18.2 Å². The summed E-state index contributed by atoms with van der Waals surface area (Å²) in [5, 5.41) is 0. The summed E-state index contributed by atoms with van der Waals surface area (Å²) in [6.45, 7) is 3.60. The van der Waals surface area contributed by atoms with E-state index in [1.165, 1.54) is 6.07 Å². The molecule has 1 aromatic carbocycles. The van der Waals surface area contributed by atoms with Crippen molar-refractivity contribution in [3.8, 4) is 5.75 Å². The molecule has 4 saturated heterocycles. The maximum Gasteiger partial charge on any atom is 0.297 e. The van der Waals surface area contributed by atoms with Gasteiger partial charge in [0.15, 0.2) is 17.3 Å². The van der Waals surface area contributed by atoms with Gasteiger partial charge in [0.25, 0.3) is 6.01 Å². The zero-order valence-electron chi connectivity index (χ0n) is 18.9. The van der Waals surface area contributed by atoms with Crippen LogP contribution in [0.4, 0.5) is 19.2 Å². The van der Waals surface area contributed by atoms with Crippen LogP contribution in [0.15, 0.2) is 29.0 Å². The number of ether oxygens (including phenoxy) is 3. The molecule has 5 heterocycles. The first-order valence-electron chi connectivity index (χ1n) is 11.8. The largest absolute Gasteiger partial charge is 0.490 e. The standard InChI is InChI=1S/C24H28F3N3O4/c25-19-7-18(21(8-20(19)26)33-15-23(27)13-31-14-23)16-1-4-29(5-2-16)17-9-24(34-10-17)11-30(12-24)22-28-3-6-32-22/h3,6-8,16-17H,1-2,4-5,9-15H2/t17-/m0/s1. The summed E-state index contributed by atoms with van der Waals surface area (Å²) in [5.74, 6) is -1.64. The third-order valence-electron chi connectivity index (χ3n) is 7.58. The van der Waals surface area contributed by atoms with E-state index in [-0.39, 0.29) is 37.1 Å². The van der Waals surface area contributed by atoms with Crippen LogP contribution >= 0.6 is 0 Å². The molecule has 34 heavy (non-hydrogen) atoms. The summed E-state index contributed by atoms with van der Waals surface area (Å²) in [4.78, 5) is 8.71. The van der Waals surface area contributed by atoms with E-state index < -0.39 is 17.3 Å². The quantitative estimate of drug-likeness (QED) is 0.630. The van der Waals surface area contributed by atoms with Gasteiger partial charge in [0, 0.05) is 17.7 Å². The van der Waals surface area contributed by atoms with E-state index in [0.29, 0.717) is 24.2 Å². The zero-order chi connectivity index (χ0) is 23.3. The summed E-state index contributed by atoms with van der Waals surface area (Å²) in [7, 11) is 0. The fourth-order valence-electron chi connectivity index (χ4n) is 5.61. The second-order valence-electron chi connectivity index (χ2n) is 10.1. The van der Waals surface area contributed by atoms with Gasteiger partial charge in [0.2, 0.25) is 0 Å². The molecule has 0 aliphatic carbocycles. The number of alkyl halides is 1. The number of piperidine rings is 1. The Morgan fingerprint density at radius 1 is 1.12 bits per heavy atom. The average molecular weight is 479 g/mol. The Morgan fingerprint density at radius 3 is 2.56 bits per heavy atom. The molecule has 0 unspecified atom stereocenters. The lowest BCUT2D eigenvalue weighted by atomic mass is 9.86. The zero-order valence-corrected chi connectivity index (χ0v) is 18.9. The Morgan fingerprint density at radius 2 is 1.88 bits per heavy atom. The van der Waals surface area contributed by atoms with Gasteiger partial charge in [-0.3, -0.25) is 4.90 Å². The van der Waals surface area contributed by atoms with Gasteiger partial charge in [-0.15, -0.1) is 0 Å². The molecule has 0 amide bonds. The molecule has 4 aliphatic rings. The summed E-state index contributed by atoms with van der Waals surface area (Å²) >= 11 is 0. The number of rotatable bonds is 6. The maximum absolute atomic E-state index is 14.3. The molecule has 0 saturated carbocycles. The van der Waals surface area contributed by atoms with Gasteiger partial charge < -0.3 is 23.5 Å². The fraction of sp³-hybridized carbons (Fsp3) is 0.625. The van der Waals surface area contributed by atoms with Crippen molar-refractivity contribution in [1.29, 1.82) is 0 Å². The van der Waals surface area contributed by atoms with Crippen molar-refractivity contribution in [2.75, 3.05) is 57.5 Å². The number of anilines is 1. The van der Waals surface area contributed by atoms with Crippen LogP contribution in [-0.4, -0.2) is 79.8 Å². The number of hydrogen-bond donors (Lipinski definition) is 0. The highest BCUT2D eigenvalue weighted by Crippen LogP contribution is 2.41. The van der Waals surface area contributed by atoms with Crippen LogP contribution in [0.2, 0.25) is 0 Å². The van der Waals surface area contributed by atoms with Crippen LogP contribution in [0.5, 0.6) is 5.75 Å². The van der Waals surface area contributed by atoms with Crippen molar-refractivity contribution in [1.82, 2.24) is 9.88 Å². The minimum atomic E-state index is -1.56. The molecule has 10 heteroatoms. The molecule has 1 spiro atoms. The Kier molecular flexibility index (Phi) is 5.50. The Labute approximate surface area is 195 Å². The molecule has 6 rings (SSSR count). The molecular weight excluding hydrogens is 451 g/mol. The topological polar surface area (TPSA) is 60.2 Å². The lowest BCUT2D eigenvalue weighted by Crippen LogP contribution is -2.62. The van der Waals surface area contributed by atoms with Gasteiger partial charge in [-0.2, -0.15) is 0 Å². The van der Waals surface area contributed by atoms with Crippen molar-refractivity contribution in [3.63, 3.8) is 0 Å². The minimum absolute atomic E-state index is 0.0232. The first kappa shape index (κ1) is 22.2. The monoisotopic (exact) mass is 479 g/mol. The number of nitrogens with zero attached hydrogens (tertiary/aromatic N) is 3. The van der Waals surface area contributed by atoms with Crippen molar-refractivity contribution in [2.45, 2.75) is 42.5 Å². The third-order valence-corrected chi connectivity index (χ3v) is 7.58. The Hall–Kier alpha value is -2.30. The van der Waals surface area contributed by atoms with Gasteiger partial charge >= 0.3 is 0 Å². The molecule has 0 radical (unpaired) electrons. The van der Waals surface area contributed by atoms with E-state index in [1.807, 2.05) is 0 Å². The SMILES string of the molecule is Fc1cc(OCC2(F)COC2)c(C2CCN([C@@H]3COC4(C3)CN(c3ncco3)C4)CC2)cc1F. The van der Waals surface area contributed by atoms with Gasteiger partial charge in [0.05, 0.1) is 39.1 Å². The highest BCUT2D eigenvalue weighted by molar-refractivity contribution is 5.38. The Balaban J connectivity index is 1.06. The molecule has 1 atom stereocenters. The summed E-state index contributed by atoms with van der Waals surface area (Å²) in [5.41, 5.74) is -1.10. The predicted octanol–water partition coefficient (Wildman–Crippen LogP) is 3.30. The predicted molar refractivity (Wildman–Crippen MR) is 116 cm³/mol. The first-order valence-corrected chi connectivity index (χ1v) is 11.8. The molecule has 1 aromatic heterocycles.